The number of carbonyl (C=O) groups is 2. The Hall–Kier alpha value is -2.09. The number of hydrogen-bond acceptors (Lipinski definition) is 5. The summed E-state index contributed by atoms with van der Waals surface area (Å²) in [6, 6.07) is 5.44. The van der Waals surface area contributed by atoms with Crippen LogP contribution in [0.5, 0.6) is 0 Å². The highest BCUT2D eigenvalue weighted by Crippen LogP contribution is 2.24. The molecule has 0 radical (unpaired) electrons. The van der Waals surface area contributed by atoms with Gasteiger partial charge in [-0.1, -0.05) is 17.7 Å². The molecule has 7 nitrogen and oxygen atoms in total. The molecule has 0 spiro atoms. The summed E-state index contributed by atoms with van der Waals surface area (Å²) in [5.41, 5.74) is 0.234. The van der Waals surface area contributed by atoms with Crippen molar-refractivity contribution in [2.75, 3.05) is 13.6 Å². The number of sulfonamides is 1. The van der Waals surface area contributed by atoms with Crippen LogP contribution < -0.4 is 0 Å². The fourth-order valence-corrected chi connectivity index (χ4v) is 3.91. The summed E-state index contributed by atoms with van der Waals surface area (Å²) < 4.78 is 31.5. The van der Waals surface area contributed by atoms with E-state index in [1.54, 1.807) is 32.9 Å². The predicted octanol–water partition coefficient (Wildman–Crippen LogP) is 2.54. The molecule has 0 N–H and O–H groups in total. The number of hydrogen-bond donors (Lipinski definition) is 0. The number of carbonyl (C=O) groups excluding carboxylic acids is 2. The molecule has 0 unspecified atom stereocenters. The number of benzene rings is 1. The highest BCUT2D eigenvalue weighted by molar-refractivity contribution is 7.89. The fourth-order valence-electron chi connectivity index (χ4n) is 2.76. The van der Waals surface area contributed by atoms with Crippen molar-refractivity contribution >= 4 is 22.0 Å². The summed E-state index contributed by atoms with van der Waals surface area (Å²) in [6.45, 7) is 7.44. The van der Waals surface area contributed by atoms with E-state index < -0.39 is 33.7 Å². The first-order valence-electron chi connectivity index (χ1n) is 8.52. The normalized spacial score (nSPS) is 17.9. The van der Waals surface area contributed by atoms with Crippen molar-refractivity contribution in [3.8, 4) is 0 Å². The molecule has 0 aliphatic carbocycles. The standard InChI is InChI=1S/C18H26N2O5S/c1-13-8-10-14(11-9-13)26(23,24)19(5)16(21)15-7-6-12-20(15)17(22)25-18(2,3)4/h8-11,15H,6-7,12H2,1-5H3/t15-/m0/s1. The lowest BCUT2D eigenvalue weighted by atomic mass is 10.2. The van der Waals surface area contributed by atoms with E-state index in [0.29, 0.717) is 19.4 Å². The number of nitrogens with zero attached hydrogens (tertiary/aromatic N) is 2. The quantitative estimate of drug-likeness (QED) is 0.802. The van der Waals surface area contributed by atoms with Crippen LogP contribution in [-0.4, -0.2) is 54.9 Å². The minimum absolute atomic E-state index is 0.0424. The maximum Gasteiger partial charge on any atom is 0.410 e. The van der Waals surface area contributed by atoms with Crippen LogP contribution in [-0.2, 0) is 19.6 Å². The van der Waals surface area contributed by atoms with Gasteiger partial charge in [0, 0.05) is 13.6 Å². The second-order valence-corrected chi connectivity index (χ2v) is 9.42. The lowest BCUT2D eigenvalue weighted by Crippen LogP contribution is -2.49. The first-order valence-corrected chi connectivity index (χ1v) is 9.96. The van der Waals surface area contributed by atoms with Crippen LogP contribution >= 0.6 is 0 Å². The molecule has 144 valence electrons. The Labute approximate surface area is 155 Å². The molecular formula is C18H26N2O5S. The number of likely N-dealkylation sites (tertiary alicyclic amines) is 1. The Balaban J connectivity index is 2.20. The highest BCUT2D eigenvalue weighted by Gasteiger charge is 2.40. The van der Waals surface area contributed by atoms with Gasteiger partial charge in [-0.25, -0.2) is 17.5 Å². The molecule has 0 saturated carbocycles. The van der Waals surface area contributed by atoms with Gasteiger partial charge in [0.05, 0.1) is 4.90 Å². The van der Waals surface area contributed by atoms with Gasteiger partial charge in [-0.3, -0.25) is 9.69 Å². The number of likely N-dealkylation sites (N-methyl/N-ethyl adjacent to an activating group) is 1. The molecule has 1 fully saturated rings. The van der Waals surface area contributed by atoms with Crippen LogP contribution in [0, 0.1) is 6.92 Å². The first-order chi connectivity index (χ1) is 11.9. The molecule has 2 amide bonds. The van der Waals surface area contributed by atoms with E-state index in [0.717, 1.165) is 9.87 Å². The van der Waals surface area contributed by atoms with E-state index in [4.69, 9.17) is 4.74 Å². The van der Waals surface area contributed by atoms with Gasteiger partial charge in [-0.2, -0.15) is 0 Å². The third-order valence-electron chi connectivity index (χ3n) is 4.16. The van der Waals surface area contributed by atoms with Crippen LogP contribution in [0.15, 0.2) is 29.2 Å². The highest BCUT2D eigenvalue weighted by atomic mass is 32.2. The number of ether oxygens (including phenoxy) is 1. The molecule has 8 heteroatoms. The third kappa shape index (κ3) is 4.35. The molecule has 2 rings (SSSR count). The minimum Gasteiger partial charge on any atom is -0.444 e. The van der Waals surface area contributed by atoms with E-state index in [9.17, 15) is 18.0 Å². The summed E-state index contributed by atoms with van der Waals surface area (Å²) in [6.07, 6.45) is 0.425. The largest absolute Gasteiger partial charge is 0.444 e. The minimum atomic E-state index is -3.97. The maximum atomic E-state index is 12.8. The smallest absolute Gasteiger partial charge is 0.410 e. The third-order valence-corrected chi connectivity index (χ3v) is 5.92. The van der Waals surface area contributed by atoms with E-state index >= 15 is 0 Å². The molecular weight excluding hydrogens is 356 g/mol. The fraction of sp³-hybridized carbons (Fsp3) is 0.556. The lowest BCUT2D eigenvalue weighted by Gasteiger charge is -2.30. The van der Waals surface area contributed by atoms with Crippen molar-refractivity contribution in [2.45, 2.75) is 57.1 Å². The number of amides is 2. The monoisotopic (exact) mass is 382 g/mol. The summed E-state index contributed by atoms with van der Waals surface area (Å²) in [7, 11) is -2.75. The summed E-state index contributed by atoms with van der Waals surface area (Å²) in [5.74, 6) is -0.631. The zero-order valence-corrected chi connectivity index (χ0v) is 16.7. The van der Waals surface area contributed by atoms with Crippen LogP contribution in [0.2, 0.25) is 0 Å². The Bertz CT molecular complexity index is 781. The predicted molar refractivity (Wildman–Crippen MR) is 97.1 cm³/mol. The molecule has 26 heavy (non-hydrogen) atoms. The van der Waals surface area contributed by atoms with Crippen LogP contribution in [0.4, 0.5) is 4.79 Å². The second kappa shape index (κ2) is 7.26. The Morgan fingerprint density at radius 1 is 1.19 bits per heavy atom. The van der Waals surface area contributed by atoms with Crippen molar-refractivity contribution in [1.29, 1.82) is 0 Å². The van der Waals surface area contributed by atoms with Gasteiger partial charge in [0.25, 0.3) is 15.9 Å². The molecule has 1 saturated heterocycles. The van der Waals surface area contributed by atoms with E-state index in [-0.39, 0.29) is 4.90 Å². The zero-order chi connectivity index (χ0) is 19.7. The number of aryl methyl sites for hydroxylation is 1. The summed E-state index contributed by atoms with van der Waals surface area (Å²) >= 11 is 0. The lowest BCUT2D eigenvalue weighted by molar-refractivity contribution is -0.130. The van der Waals surface area contributed by atoms with Gasteiger partial charge in [0.1, 0.15) is 11.6 Å². The van der Waals surface area contributed by atoms with Gasteiger partial charge in [0.2, 0.25) is 0 Å². The van der Waals surface area contributed by atoms with Gasteiger partial charge in [0.15, 0.2) is 0 Å². The van der Waals surface area contributed by atoms with Crippen molar-refractivity contribution in [2.24, 2.45) is 0 Å². The molecule has 1 aromatic carbocycles. The van der Waals surface area contributed by atoms with E-state index in [1.165, 1.54) is 24.1 Å². The van der Waals surface area contributed by atoms with E-state index in [2.05, 4.69) is 0 Å². The van der Waals surface area contributed by atoms with Gasteiger partial charge >= 0.3 is 6.09 Å². The molecule has 1 heterocycles. The van der Waals surface area contributed by atoms with Gasteiger partial charge in [-0.05, 0) is 52.7 Å². The van der Waals surface area contributed by atoms with E-state index in [1.807, 2.05) is 6.92 Å². The Morgan fingerprint density at radius 3 is 2.31 bits per heavy atom. The SMILES string of the molecule is Cc1ccc(S(=O)(=O)N(C)C(=O)[C@@H]2CCCN2C(=O)OC(C)(C)C)cc1. The maximum absolute atomic E-state index is 12.8. The molecule has 0 bridgehead atoms. The summed E-state index contributed by atoms with van der Waals surface area (Å²) in [5, 5.41) is 0. The first kappa shape index (κ1) is 20.2. The van der Waals surface area contributed by atoms with Crippen LogP contribution in [0.3, 0.4) is 0 Å². The number of rotatable bonds is 3. The Kier molecular flexibility index (Phi) is 5.65. The van der Waals surface area contributed by atoms with Crippen molar-refractivity contribution in [3.63, 3.8) is 0 Å². The molecule has 1 aliphatic rings. The zero-order valence-electron chi connectivity index (χ0n) is 15.9. The van der Waals surface area contributed by atoms with Gasteiger partial charge < -0.3 is 4.74 Å². The molecule has 1 aromatic rings. The topological polar surface area (TPSA) is 84.0 Å². The second-order valence-electron chi connectivity index (χ2n) is 7.46. The average molecular weight is 382 g/mol. The van der Waals surface area contributed by atoms with Crippen molar-refractivity contribution in [1.82, 2.24) is 9.21 Å². The Morgan fingerprint density at radius 2 is 1.77 bits per heavy atom. The average Bonchev–Trinajstić information content (AvgIpc) is 3.02. The van der Waals surface area contributed by atoms with Crippen LogP contribution in [0.1, 0.15) is 39.2 Å². The van der Waals surface area contributed by atoms with Crippen molar-refractivity contribution in [3.05, 3.63) is 29.8 Å². The summed E-state index contributed by atoms with van der Waals surface area (Å²) in [4.78, 5) is 26.5. The molecule has 1 atom stereocenters. The van der Waals surface area contributed by atoms with Gasteiger partial charge in [-0.15, -0.1) is 0 Å². The van der Waals surface area contributed by atoms with Crippen LogP contribution in [0.25, 0.3) is 0 Å². The molecule has 1 aliphatic heterocycles. The van der Waals surface area contributed by atoms with Crippen molar-refractivity contribution < 1.29 is 22.7 Å². The molecule has 0 aromatic heterocycles.